The summed E-state index contributed by atoms with van der Waals surface area (Å²) in [6.45, 7) is 9.45. The van der Waals surface area contributed by atoms with Crippen LogP contribution in [0.1, 0.15) is 39.8 Å². The molecule has 2 aromatic rings. The van der Waals surface area contributed by atoms with Gasteiger partial charge in [0.25, 0.3) is 0 Å². The molecule has 0 aliphatic carbocycles. The van der Waals surface area contributed by atoms with Crippen LogP contribution >= 0.6 is 0 Å². The van der Waals surface area contributed by atoms with Crippen LogP contribution in [0.4, 0.5) is 5.82 Å². The Balaban J connectivity index is 2.46. The Labute approximate surface area is 119 Å². The molecule has 0 aromatic carbocycles. The third-order valence-electron chi connectivity index (χ3n) is 2.86. The van der Waals surface area contributed by atoms with Crippen LogP contribution in [-0.2, 0) is 5.41 Å². The summed E-state index contributed by atoms with van der Waals surface area (Å²) in [5, 5.41) is 3.32. The van der Waals surface area contributed by atoms with Gasteiger partial charge in [0.15, 0.2) is 5.82 Å². The zero-order valence-corrected chi connectivity index (χ0v) is 12.5. The van der Waals surface area contributed by atoms with Gasteiger partial charge in [-0.2, -0.15) is 0 Å². The van der Waals surface area contributed by atoms with Crippen molar-refractivity contribution in [1.29, 1.82) is 0 Å². The molecule has 0 atom stereocenters. The maximum absolute atomic E-state index is 4.64. The molecular weight excluding hydrogens is 250 g/mol. The number of hydrogen-bond donors (Lipinski definition) is 1. The average molecular weight is 271 g/mol. The van der Waals surface area contributed by atoms with Crippen LogP contribution in [0.2, 0.25) is 0 Å². The van der Waals surface area contributed by atoms with E-state index in [0.29, 0.717) is 5.82 Å². The Hall–Kier alpha value is -2.04. The second kappa shape index (κ2) is 5.94. The van der Waals surface area contributed by atoms with Gasteiger partial charge in [-0.3, -0.25) is 0 Å². The highest BCUT2D eigenvalue weighted by atomic mass is 15.0. The molecule has 2 aromatic heterocycles. The van der Waals surface area contributed by atoms with E-state index in [9.17, 15) is 0 Å². The van der Waals surface area contributed by atoms with Crippen molar-refractivity contribution in [2.24, 2.45) is 0 Å². The monoisotopic (exact) mass is 271 g/mol. The van der Waals surface area contributed by atoms with Gasteiger partial charge < -0.3 is 5.32 Å². The highest BCUT2D eigenvalue weighted by Gasteiger charge is 2.18. The quantitative estimate of drug-likeness (QED) is 0.926. The van der Waals surface area contributed by atoms with Crippen LogP contribution in [0.15, 0.2) is 24.7 Å². The van der Waals surface area contributed by atoms with E-state index in [0.717, 1.165) is 30.2 Å². The lowest BCUT2D eigenvalue weighted by atomic mass is 9.92. The number of nitrogens with zero attached hydrogens (tertiary/aromatic N) is 4. The molecule has 0 amide bonds. The van der Waals surface area contributed by atoms with Gasteiger partial charge in [-0.1, -0.05) is 27.7 Å². The summed E-state index contributed by atoms with van der Waals surface area (Å²) in [7, 11) is 0. The molecular formula is C15H21N5. The minimum absolute atomic E-state index is 0.0344. The van der Waals surface area contributed by atoms with E-state index in [1.54, 1.807) is 6.20 Å². The molecule has 0 spiro atoms. The lowest BCUT2D eigenvalue weighted by molar-refractivity contribution is 0.568. The van der Waals surface area contributed by atoms with Crippen molar-refractivity contribution < 1.29 is 0 Å². The molecule has 2 heterocycles. The summed E-state index contributed by atoms with van der Waals surface area (Å²) in [5.41, 5.74) is 1.71. The maximum Gasteiger partial charge on any atom is 0.180 e. The van der Waals surface area contributed by atoms with Crippen molar-refractivity contribution >= 4 is 5.82 Å². The molecule has 0 aliphatic rings. The summed E-state index contributed by atoms with van der Waals surface area (Å²) in [6.07, 6.45) is 4.27. The first-order chi connectivity index (χ1) is 9.50. The standard InChI is InChI=1S/C15H21N5/c1-5-7-17-13-9-12(15(2,3)4)19-14(20-13)11-6-8-16-10-18-11/h6,8-10H,5,7H2,1-4H3,(H,17,19,20). The summed E-state index contributed by atoms with van der Waals surface area (Å²) < 4.78 is 0. The van der Waals surface area contributed by atoms with Crippen molar-refractivity contribution in [3.05, 3.63) is 30.4 Å². The van der Waals surface area contributed by atoms with Gasteiger partial charge in [-0.15, -0.1) is 0 Å². The molecule has 1 N–H and O–H groups in total. The van der Waals surface area contributed by atoms with Gasteiger partial charge in [0.1, 0.15) is 17.8 Å². The van der Waals surface area contributed by atoms with Crippen LogP contribution in [-0.4, -0.2) is 26.5 Å². The first-order valence-electron chi connectivity index (χ1n) is 6.90. The molecule has 0 unspecified atom stereocenters. The zero-order valence-electron chi connectivity index (χ0n) is 12.5. The largest absolute Gasteiger partial charge is 0.370 e. The lowest BCUT2D eigenvalue weighted by Crippen LogP contribution is -2.16. The van der Waals surface area contributed by atoms with E-state index in [-0.39, 0.29) is 5.41 Å². The van der Waals surface area contributed by atoms with Gasteiger partial charge in [0.05, 0.1) is 5.69 Å². The van der Waals surface area contributed by atoms with Crippen LogP contribution in [0.25, 0.3) is 11.5 Å². The van der Waals surface area contributed by atoms with E-state index in [1.807, 2.05) is 12.1 Å². The van der Waals surface area contributed by atoms with Crippen LogP contribution in [0.5, 0.6) is 0 Å². The summed E-state index contributed by atoms with van der Waals surface area (Å²) >= 11 is 0. The van der Waals surface area contributed by atoms with Gasteiger partial charge in [-0.25, -0.2) is 19.9 Å². The Kier molecular flexibility index (Phi) is 4.27. The van der Waals surface area contributed by atoms with E-state index in [1.165, 1.54) is 6.33 Å². The highest BCUT2D eigenvalue weighted by Crippen LogP contribution is 2.24. The molecule has 5 nitrogen and oxygen atoms in total. The Morgan fingerprint density at radius 1 is 1.20 bits per heavy atom. The molecule has 0 aliphatic heterocycles. The van der Waals surface area contributed by atoms with Crippen molar-refractivity contribution in [1.82, 2.24) is 19.9 Å². The lowest BCUT2D eigenvalue weighted by Gasteiger charge is -2.19. The van der Waals surface area contributed by atoms with Crippen molar-refractivity contribution in [2.45, 2.75) is 39.5 Å². The molecule has 106 valence electrons. The molecule has 0 bridgehead atoms. The van der Waals surface area contributed by atoms with Gasteiger partial charge in [-0.05, 0) is 12.5 Å². The minimum Gasteiger partial charge on any atom is -0.370 e. The van der Waals surface area contributed by atoms with Crippen molar-refractivity contribution in [3.63, 3.8) is 0 Å². The topological polar surface area (TPSA) is 63.6 Å². The number of aromatic nitrogens is 4. The Morgan fingerprint density at radius 3 is 2.60 bits per heavy atom. The van der Waals surface area contributed by atoms with Gasteiger partial charge in [0.2, 0.25) is 0 Å². The second-order valence-corrected chi connectivity index (χ2v) is 5.73. The SMILES string of the molecule is CCCNc1cc(C(C)(C)C)nc(-c2ccncn2)n1. The smallest absolute Gasteiger partial charge is 0.180 e. The van der Waals surface area contributed by atoms with Gasteiger partial charge >= 0.3 is 0 Å². The molecule has 5 heteroatoms. The Bertz CT molecular complexity index is 560. The Morgan fingerprint density at radius 2 is 2.00 bits per heavy atom. The zero-order chi connectivity index (χ0) is 14.6. The first-order valence-corrected chi connectivity index (χ1v) is 6.90. The fraction of sp³-hybridized carbons (Fsp3) is 0.467. The third kappa shape index (κ3) is 3.50. The predicted molar refractivity (Wildman–Crippen MR) is 80.5 cm³/mol. The summed E-state index contributed by atoms with van der Waals surface area (Å²) in [6, 6.07) is 3.84. The van der Waals surface area contributed by atoms with Crippen molar-refractivity contribution in [3.8, 4) is 11.5 Å². The van der Waals surface area contributed by atoms with E-state index >= 15 is 0 Å². The maximum atomic E-state index is 4.64. The first kappa shape index (κ1) is 14.4. The molecule has 0 saturated carbocycles. The normalized spacial score (nSPS) is 11.4. The van der Waals surface area contributed by atoms with E-state index in [2.05, 4.69) is 52.9 Å². The predicted octanol–water partition coefficient (Wildman–Crippen LogP) is 3.05. The minimum atomic E-state index is -0.0344. The second-order valence-electron chi connectivity index (χ2n) is 5.73. The number of nitrogens with one attached hydrogen (secondary N) is 1. The van der Waals surface area contributed by atoms with E-state index in [4.69, 9.17) is 0 Å². The fourth-order valence-electron chi connectivity index (χ4n) is 1.71. The molecule has 2 rings (SSSR count). The fourth-order valence-corrected chi connectivity index (χ4v) is 1.71. The number of rotatable bonds is 4. The summed E-state index contributed by atoms with van der Waals surface area (Å²) in [5.74, 6) is 1.49. The van der Waals surface area contributed by atoms with Crippen LogP contribution < -0.4 is 5.32 Å². The molecule has 20 heavy (non-hydrogen) atoms. The van der Waals surface area contributed by atoms with Crippen molar-refractivity contribution in [2.75, 3.05) is 11.9 Å². The number of hydrogen-bond acceptors (Lipinski definition) is 5. The van der Waals surface area contributed by atoms with Crippen LogP contribution in [0.3, 0.4) is 0 Å². The van der Waals surface area contributed by atoms with Crippen LogP contribution in [0, 0.1) is 0 Å². The third-order valence-corrected chi connectivity index (χ3v) is 2.86. The number of anilines is 1. The highest BCUT2D eigenvalue weighted by molar-refractivity contribution is 5.53. The average Bonchev–Trinajstić information content (AvgIpc) is 2.45. The molecule has 0 fully saturated rings. The summed E-state index contributed by atoms with van der Waals surface area (Å²) in [4.78, 5) is 17.3. The molecule has 0 radical (unpaired) electrons. The van der Waals surface area contributed by atoms with E-state index < -0.39 is 0 Å². The molecule has 0 saturated heterocycles. The van der Waals surface area contributed by atoms with Gasteiger partial charge in [0, 0.05) is 24.2 Å².